The highest BCUT2D eigenvalue weighted by atomic mass is 16.5. The van der Waals surface area contributed by atoms with Gasteiger partial charge >= 0.3 is 0 Å². The van der Waals surface area contributed by atoms with E-state index >= 15 is 0 Å². The van der Waals surface area contributed by atoms with Crippen LogP contribution in [0.2, 0.25) is 0 Å². The molecule has 1 fully saturated rings. The molecule has 1 unspecified atom stereocenters. The lowest BCUT2D eigenvalue weighted by Crippen LogP contribution is -2.40. The van der Waals surface area contributed by atoms with Gasteiger partial charge < -0.3 is 18.8 Å². The minimum atomic E-state index is -0.0995. The minimum Gasteiger partial charge on any atom is -0.486 e. The third-order valence-electron chi connectivity index (χ3n) is 7.34. The van der Waals surface area contributed by atoms with Crippen molar-refractivity contribution in [3.63, 3.8) is 0 Å². The van der Waals surface area contributed by atoms with Gasteiger partial charge in [0.2, 0.25) is 0 Å². The number of carbonyl (C=O) groups is 1. The third-order valence-corrected chi connectivity index (χ3v) is 7.34. The highest BCUT2D eigenvalue weighted by Gasteiger charge is 2.29. The van der Waals surface area contributed by atoms with Crippen LogP contribution in [-0.2, 0) is 24.3 Å². The van der Waals surface area contributed by atoms with Crippen LogP contribution in [0.5, 0.6) is 5.75 Å². The number of amides is 1. The van der Waals surface area contributed by atoms with Gasteiger partial charge in [-0.05, 0) is 52.9 Å². The Morgan fingerprint density at radius 1 is 0.868 bits per heavy atom. The zero-order valence-electron chi connectivity index (χ0n) is 21.4. The number of ether oxygens (including phenoxy) is 2. The molecule has 1 aromatic heterocycles. The first-order valence-corrected chi connectivity index (χ1v) is 13.3. The molecule has 2 aliphatic heterocycles. The summed E-state index contributed by atoms with van der Waals surface area (Å²) in [4.78, 5) is 17.0. The van der Waals surface area contributed by atoms with E-state index in [9.17, 15) is 4.79 Å². The maximum atomic E-state index is 12.7. The minimum absolute atomic E-state index is 0.0995. The van der Waals surface area contributed by atoms with Crippen molar-refractivity contribution < 1.29 is 18.7 Å². The van der Waals surface area contributed by atoms with Crippen molar-refractivity contribution in [2.45, 2.75) is 25.6 Å². The van der Waals surface area contributed by atoms with Gasteiger partial charge in [0.05, 0.1) is 19.3 Å². The molecule has 6 nitrogen and oxygen atoms in total. The van der Waals surface area contributed by atoms with Gasteiger partial charge in [-0.25, -0.2) is 0 Å². The summed E-state index contributed by atoms with van der Waals surface area (Å²) in [6.45, 7) is 4.44. The van der Waals surface area contributed by atoms with E-state index in [0.717, 1.165) is 25.3 Å². The molecule has 0 radical (unpaired) electrons. The zero-order chi connectivity index (χ0) is 25.7. The standard InChI is InChI=1S/C32H32N2O4/c35-32(33-17-19-36-20-18-33)30-14-13-28(38-30)23-37-27-12-11-25-15-16-34(22-24-7-3-1-4-8-24)31(29(25)21-27)26-9-5-2-6-10-26/h1-14,21,31H,15-20,22-23H2. The van der Waals surface area contributed by atoms with Crippen LogP contribution in [0, 0.1) is 0 Å². The van der Waals surface area contributed by atoms with E-state index in [1.54, 1.807) is 11.0 Å². The summed E-state index contributed by atoms with van der Waals surface area (Å²) in [6.07, 6.45) is 0.997. The number of carbonyl (C=O) groups excluding carboxylic acids is 1. The number of benzene rings is 3. The highest BCUT2D eigenvalue weighted by Crippen LogP contribution is 2.38. The first-order chi connectivity index (χ1) is 18.7. The topological polar surface area (TPSA) is 55.2 Å². The monoisotopic (exact) mass is 508 g/mol. The second-order valence-electron chi connectivity index (χ2n) is 9.84. The molecule has 1 atom stereocenters. The number of fused-ring (bicyclic) bond motifs is 1. The summed E-state index contributed by atoms with van der Waals surface area (Å²) in [5, 5.41) is 0. The summed E-state index contributed by atoms with van der Waals surface area (Å²) in [5.41, 5.74) is 5.22. The average Bonchev–Trinajstić information content (AvgIpc) is 3.46. The van der Waals surface area contributed by atoms with Gasteiger partial charge in [0.25, 0.3) is 5.91 Å². The Kier molecular flexibility index (Phi) is 7.25. The molecule has 1 saturated heterocycles. The van der Waals surface area contributed by atoms with Crippen molar-refractivity contribution in [3.05, 3.63) is 125 Å². The predicted molar refractivity (Wildman–Crippen MR) is 145 cm³/mol. The highest BCUT2D eigenvalue weighted by molar-refractivity contribution is 5.91. The van der Waals surface area contributed by atoms with Crippen molar-refractivity contribution in [2.24, 2.45) is 0 Å². The lowest BCUT2D eigenvalue weighted by atomic mass is 9.87. The number of hydrogen-bond acceptors (Lipinski definition) is 5. The SMILES string of the molecule is O=C(c1ccc(COc2ccc3c(c2)C(c2ccccc2)N(Cc2ccccc2)CC3)o1)N1CCOCC1. The lowest BCUT2D eigenvalue weighted by molar-refractivity contribution is 0.0281. The van der Waals surface area contributed by atoms with Gasteiger partial charge in [0.1, 0.15) is 18.1 Å². The van der Waals surface area contributed by atoms with Crippen LogP contribution in [0.1, 0.15) is 44.6 Å². The summed E-state index contributed by atoms with van der Waals surface area (Å²) >= 11 is 0. The number of morpholine rings is 1. The number of nitrogens with zero attached hydrogens (tertiary/aromatic N) is 2. The van der Waals surface area contributed by atoms with Crippen LogP contribution in [-0.4, -0.2) is 48.6 Å². The van der Waals surface area contributed by atoms with Crippen LogP contribution in [0.15, 0.2) is 95.4 Å². The normalized spacial score (nSPS) is 17.7. The molecule has 2 aliphatic rings. The molecule has 194 valence electrons. The Morgan fingerprint density at radius 2 is 1.63 bits per heavy atom. The number of furan rings is 1. The molecular weight excluding hydrogens is 476 g/mol. The molecule has 3 heterocycles. The maximum Gasteiger partial charge on any atom is 0.289 e. The molecule has 0 saturated carbocycles. The maximum absolute atomic E-state index is 12.7. The molecule has 0 N–H and O–H groups in total. The fourth-order valence-electron chi connectivity index (χ4n) is 5.40. The quantitative estimate of drug-likeness (QED) is 0.331. The van der Waals surface area contributed by atoms with E-state index in [4.69, 9.17) is 13.9 Å². The summed E-state index contributed by atoms with van der Waals surface area (Å²) in [5.74, 6) is 1.67. The van der Waals surface area contributed by atoms with Gasteiger partial charge in [0, 0.05) is 26.2 Å². The van der Waals surface area contributed by atoms with Crippen molar-refractivity contribution in [1.29, 1.82) is 0 Å². The van der Waals surface area contributed by atoms with E-state index in [-0.39, 0.29) is 18.6 Å². The summed E-state index contributed by atoms with van der Waals surface area (Å²) in [6, 6.07) is 31.5. The first-order valence-electron chi connectivity index (χ1n) is 13.3. The zero-order valence-corrected chi connectivity index (χ0v) is 21.4. The Labute approximate surface area is 223 Å². The van der Waals surface area contributed by atoms with E-state index < -0.39 is 0 Å². The fraction of sp³-hybridized carbons (Fsp3) is 0.281. The second kappa shape index (κ2) is 11.3. The molecule has 0 bridgehead atoms. The Bertz CT molecular complexity index is 1360. The first kappa shape index (κ1) is 24.5. The van der Waals surface area contributed by atoms with Crippen LogP contribution >= 0.6 is 0 Å². The second-order valence-corrected chi connectivity index (χ2v) is 9.84. The van der Waals surface area contributed by atoms with Crippen molar-refractivity contribution in [2.75, 3.05) is 32.8 Å². The molecule has 38 heavy (non-hydrogen) atoms. The molecule has 0 spiro atoms. The van der Waals surface area contributed by atoms with Crippen molar-refractivity contribution >= 4 is 5.91 Å². The molecule has 1 amide bonds. The van der Waals surface area contributed by atoms with Gasteiger partial charge in [-0.3, -0.25) is 9.69 Å². The summed E-state index contributed by atoms with van der Waals surface area (Å²) in [7, 11) is 0. The smallest absolute Gasteiger partial charge is 0.289 e. The van der Waals surface area contributed by atoms with Crippen LogP contribution in [0.25, 0.3) is 0 Å². The number of rotatable bonds is 7. The lowest BCUT2D eigenvalue weighted by Gasteiger charge is -2.38. The number of hydrogen-bond donors (Lipinski definition) is 0. The van der Waals surface area contributed by atoms with Gasteiger partial charge in [0.15, 0.2) is 5.76 Å². The van der Waals surface area contributed by atoms with Crippen molar-refractivity contribution in [3.8, 4) is 5.75 Å². The Balaban J connectivity index is 1.20. The molecule has 6 heteroatoms. The van der Waals surface area contributed by atoms with Gasteiger partial charge in [-0.2, -0.15) is 0 Å². The Morgan fingerprint density at radius 3 is 2.42 bits per heavy atom. The third kappa shape index (κ3) is 5.37. The van der Waals surface area contributed by atoms with Gasteiger partial charge in [-0.15, -0.1) is 0 Å². The molecule has 0 aliphatic carbocycles. The van der Waals surface area contributed by atoms with Crippen molar-refractivity contribution in [1.82, 2.24) is 9.80 Å². The molecular formula is C32H32N2O4. The van der Waals surface area contributed by atoms with Crippen LogP contribution in [0.4, 0.5) is 0 Å². The van der Waals surface area contributed by atoms with E-state index in [2.05, 4.69) is 77.7 Å². The Hall–Kier alpha value is -3.87. The summed E-state index contributed by atoms with van der Waals surface area (Å²) < 4.78 is 17.4. The van der Waals surface area contributed by atoms with Gasteiger partial charge in [-0.1, -0.05) is 66.7 Å². The van der Waals surface area contributed by atoms with Crippen LogP contribution < -0.4 is 4.74 Å². The van der Waals surface area contributed by atoms with Crippen LogP contribution in [0.3, 0.4) is 0 Å². The molecule has 3 aromatic carbocycles. The fourth-order valence-corrected chi connectivity index (χ4v) is 5.40. The predicted octanol–water partition coefficient (Wildman–Crippen LogP) is 5.48. The molecule has 6 rings (SSSR count). The average molecular weight is 509 g/mol. The van der Waals surface area contributed by atoms with E-state index in [1.807, 2.05) is 12.1 Å². The van der Waals surface area contributed by atoms with E-state index in [0.29, 0.717) is 37.8 Å². The largest absolute Gasteiger partial charge is 0.486 e. The molecule has 4 aromatic rings. The van der Waals surface area contributed by atoms with E-state index in [1.165, 1.54) is 22.3 Å².